The number of ether oxygens (including phenoxy) is 1. The lowest BCUT2D eigenvalue weighted by atomic mass is 10.0. The summed E-state index contributed by atoms with van der Waals surface area (Å²) in [7, 11) is -2.29. The number of carbonyl (C=O) groups excluding carboxylic acids is 1. The molecule has 0 fully saturated rings. The van der Waals surface area contributed by atoms with E-state index in [-0.39, 0.29) is 24.5 Å². The van der Waals surface area contributed by atoms with Gasteiger partial charge < -0.3 is 15.2 Å². The summed E-state index contributed by atoms with van der Waals surface area (Å²) in [5.74, 6) is 0.897. The van der Waals surface area contributed by atoms with Crippen LogP contribution in [0.25, 0.3) is 0 Å². The molecule has 0 aliphatic heterocycles. The van der Waals surface area contributed by atoms with E-state index in [1.54, 1.807) is 12.1 Å². The molecule has 1 aromatic carbocycles. The first-order chi connectivity index (χ1) is 15.1. The Balaban J connectivity index is 2.16. The number of nitrogens with one attached hydrogen (secondary N) is 3. The number of hydrogen-bond acceptors (Lipinski definition) is 10. The Morgan fingerprint density at radius 1 is 1.16 bits per heavy atom. The molecule has 2 rings (SSSR count). The standard InChI is InChI=1S/C19H28N6O5S2/c1-12(2)9-15(10-26)20-16-22-17(25-32(4,28)29)24-18(23-16)31-11-13-5-7-14(8-6-13)21-19(27)30-3/h5-8,12,15,26H,9-11H2,1-4H3,(H,21,27)(H2,20,22,23,24,25)/t15-/m1/s1. The molecular weight excluding hydrogens is 456 g/mol. The number of nitrogens with zero attached hydrogens (tertiary/aromatic N) is 3. The molecule has 1 amide bonds. The van der Waals surface area contributed by atoms with Gasteiger partial charge in [-0.1, -0.05) is 37.7 Å². The molecule has 0 saturated carbocycles. The Labute approximate surface area is 191 Å². The Kier molecular flexibility index (Phi) is 9.47. The van der Waals surface area contributed by atoms with Crippen LogP contribution >= 0.6 is 11.8 Å². The van der Waals surface area contributed by atoms with Crippen molar-refractivity contribution in [2.24, 2.45) is 5.92 Å². The van der Waals surface area contributed by atoms with E-state index in [9.17, 15) is 18.3 Å². The fraction of sp³-hybridized carbons (Fsp3) is 0.474. The second kappa shape index (κ2) is 11.8. The molecule has 4 N–H and O–H groups in total. The molecule has 0 aliphatic carbocycles. The zero-order valence-corrected chi connectivity index (χ0v) is 20.0. The van der Waals surface area contributed by atoms with Crippen LogP contribution < -0.4 is 15.4 Å². The van der Waals surface area contributed by atoms with E-state index in [2.05, 4.69) is 35.0 Å². The first-order valence-electron chi connectivity index (χ1n) is 9.76. The first kappa shape index (κ1) is 25.6. The molecular formula is C19H28N6O5S2. The summed E-state index contributed by atoms with van der Waals surface area (Å²) >= 11 is 1.29. The maximum Gasteiger partial charge on any atom is 0.411 e. The van der Waals surface area contributed by atoms with Gasteiger partial charge in [-0.15, -0.1) is 0 Å². The highest BCUT2D eigenvalue weighted by atomic mass is 32.2. The van der Waals surface area contributed by atoms with Gasteiger partial charge in [-0.2, -0.15) is 15.0 Å². The van der Waals surface area contributed by atoms with E-state index in [1.807, 2.05) is 26.0 Å². The van der Waals surface area contributed by atoms with Crippen molar-refractivity contribution < 1.29 is 23.1 Å². The monoisotopic (exact) mass is 484 g/mol. The van der Waals surface area contributed by atoms with Crippen LogP contribution in [0.5, 0.6) is 0 Å². The molecule has 0 radical (unpaired) electrons. The fourth-order valence-corrected chi connectivity index (χ4v) is 3.84. The van der Waals surface area contributed by atoms with E-state index in [4.69, 9.17) is 0 Å². The number of benzene rings is 1. The topological polar surface area (TPSA) is 155 Å². The fourth-order valence-electron chi connectivity index (χ4n) is 2.63. The van der Waals surface area contributed by atoms with Gasteiger partial charge in [-0.3, -0.25) is 10.0 Å². The van der Waals surface area contributed by atoms with Crippen LogP contribution in [0.1, 0.15) is 25.8 Å². The molecule has 11 nitrogen and oxygen atoms in total. The third-order valence-electron chi connectivity index (χ3n) is 3.95. The number of aliphatic hydroxyl groups excluding tert-OH is 1. The Morgan fingerprint density at radius 2 is 1.81 bits per heavy atom. The lowest BCUT2D eigenvalue weighted by molar-refractivity contribution is 0.187. The highest BCUT2D eigenvalue weighted by Crippen LogP contribution is 2.23. The van der Waals surface area contributed by atoms with Crippen molar-refractivity contribution in [1.82, 2.24) is 15.0 Å². The van der Waals surface area contributed by atoms with E-state index < -0.39 is 16.1 Å². The highest BCUT2D eigenvalue weighted by Gasteiger charge is 2.15. The number of aliphatic hydroxyl groups is 1. The maximum atomic E-state index is 11.6. The third kappa shape index (κ3) is 9.24. The molecule has 1 aromatic heterocycles. The molecule has 1 heterocycles. The number of aromatic nitrogens is 3. The lowest BCUT2D eigenvalue weighted by Crippen LogP contribution is -2.27. The van der Waals surface area contributed by atoms with Crippen molar-refractivity contribution >= 4 is 45.5 Å². The first-order valence-corrected chi connectivity index (χ1v) is 12.6. The second-order valence-corrected chi connectivity index (χ2v) is 10.1. The average molecular weight is 485 g/mol. The average Bonchev–Trinajstić information content (AvgIpc) is 2.71. The van der Waals surface area contributed by atoms with Crippen molar-refractivity contribution in [2.45, 2.75) is 37.2 Å². The van der Waals surface area contributed by atoms with Gasteiger partial charge in [0.05, 0.1) is 26.0 Å². The van der Waals surface area contributed by atoms with Crippen LogP contribution in [-0.4, -0.2) is 60.6 Å². The molecule has 0 spiro atoms. The number of sulfonamides is 1. The minimum atomic E-state index is -3.58. The van der Waals surface area contributed by atoms with Gasteiger partial charge in [-0.05, 0) is 30.0 Å². The molecule has 2 aromatic rings. The summed E-state index contributed by atoms with van der Waals surface area (Å²) in [6.45, 7) is 3.94. The molecule has 0 aliphatic rings. The normalized spacial score (nSPS) is 12.3. The largest absolute Gasteiger partial charge is 0.453 e. The third-order valence-corrected chi connectivity index (χ3v) is 5.43. The van der Waals surface area contributed by atoms with Gasteiger partial charge in [0.15, 0.2) is 5.16 Å². The van der Waals surface area contributed by atoms with Gasteiger partial charge in [0.2, 0.25) is 21.9 Å². The van der Waals surface area contributed by atoms with Crippen molar-refractivity contribution in [3.8, 4) is 0 Å². The van der Waals surface area contributed by atoms with E-state index >= 15 is 0 Å². The number of carbonyl (C=O) groups is 1. The van der Waals surface area contributed by atoms with Gasteiger partial charge in [0.1, 0.15) is 0 Å². The van der Waals surface area contributed by atoms with Gasteiger partial charge in [0.25, 0.3) is 0 Å². The van der Waals surface area contributed by atoms with Crippen LogP contribution in [0.3, 0.4) is 0 Å². The number of amides is 1. The Bertz CT molecular complexity index is 1000. The summed E-state index contributed by atoms with van der Waals surface area (Å²) in [5, 5.41) is 15.5. The minimum Gasteiger partial charge on any atom is -0.453 e. The lowest BCUT2D eigenvalue weighted by Gasteiger charge is -2.18. The predicted octanol–water partition coefficient (Wildman–Crippen LogP) is 2.53. The van der Waals surface area contributed by atoms with Crippen molar-refractivity contribution in [3.63, 3.8) is 0 Å². The van der Waals surface area contributed by atoms with Gasteiger partial charge in [-0.25, -0.2) is 13.2 Å². The molecule has 13 heteroatoms. The maximum absolute atomic E-state index is 11.6. The quantitative estimate of drug-likeness (QED) is 0.350. The van der Waals surface area contributed by atoms with Gasteiger partial charge in [0, 0.05) is 11.4 Å². The summed E-state index contributed by atoms with van der Waals surface area (Å²) in [6, 6.07) is 6.86. The van der Waals surface area contributed by atoms with Crippen LogP contribution in [0.4, 0.5) is 22.4 Å². The number of hydrogen-bond donors (Lipinski definition) is 4. The molecule has 0 unspecified atom stereocenters. The molecule has 0 saturated heterocycles. The number of methoxy groups -OCH3 is 1. The molecule has 0 bridgehead atoms. The van der Waals surface area contributed by atoms with Gasteiger partial charge >= 0.3 is 6.09 Å². The van der Waals surface area contributed by atoms with Crippen LogP contribution in [0, 0.1) is 5.92 Å². The van der Waals surface area contributed by atoms with Crippen LogP contribution in [0.15, 0.2) is 29.4 Å². The number of rotatable bonds is 11. The SMILES string of the molecule is COC(=O)Nc1ccc(CSc2nc(N[C@@H](CO)CC(C)C)nc(NS(C)(=O)=O)n2)cc1. The summed E-state index contributed by atoms with van der Waals surface area (Å²) in [6.07, 6.45) is 1.14. The van der Waals surface area contributed by atoms with E-state index in [1.165, 1.54) is 18.9 Å². The Morgan fingerprint density at radius 3 is 2.38 bits per heavy atom. The summed E-state index contributed by atoms with van der Waals surface area (Å²) in [5.41, 5.74) is 1.53. The second-order valence-electron chi connectivity index (χ2n) is 7.39. The molecule has 176 valence electrons. The van der Waals surface area contributed by atoms with Crippen molar-refractivity contribution in [1.29, 1.82) is 0 Å². The zero-order valence-electron chi connectivity index (χ0n) is 18.3. The smallest absolute Gasteiger partial charge is 0.411 e. The van der Waals surface area contributed by atoms with E-state index in [0.717, 1.165) is 11.8 Å². The number of anilines is 3. The predicted molar refractivity (Wildman–Crippen MR) is 124 cm³/mol. The summed E-state index contributed by atoms with van der Waals surface area (Å²) < 4.78 is 30.1. The summed E-state index contributed by atoms with van der Waals surface area (Å²) in [4.78, 5) is 23.9. The molecule has 32 heavy (non-hydrogen) atoms. The minimum absolute atomic E-state index is 0.105. The van der Waals surface area contributed by atoms with Crippen molar-refractivity contribution in [2.75, 3.05) is 35.3 Å². The highest BCUT2D eigenvalue weighted by molar-refractivity contribution is 7.98. The van der Waals surface area contributed by atoms with Crippen molar-refractivity contribution in [3.05, 3.63) is 29.8 Å². The van der Waals surface area contributed by atoms with E-state index in [0.29, 0.717) is 28.9 Å². The van der Waals surface area contributed by atoms with Crippen LogP contribution in [0.2, 0.25) is 0 Å². The number of thioether (sulfide) groups is 1. The Hall–Kier alpha value is -2.64. The zero-order chi connectivity index (χ0) is 23.7. The molecule has 1 atom stereocenters. The van der Waals surface area contributed by atoms with Crippen LogP contribution in [-0.2, 0) is 20.5 Å².